The van der Waals surface area contributed by atoms with Crippen molar-refractivity contribution in [3.63, 3.8) is 0 Å². The molecule has 5 nitrogen and oxygen atoms in total. The van der Waals surface area contributed by atoms with Gasteiger partial charge in [-0.3, -0.25) is 0 Å². The summed E-state index contributed by atoms with van der Waals surface area (Å²) in [5.74, 6) is 0.223. The standard InChI is InChI=1S/C11H7BrN4O/c12-8-5-13-11-10(14-15-16(11)6-8)7-1-3-9(17)4-2-7/h1-6,17H. The molecule has 0 spiro atoms. The molecule has 84 valence electrons. The van der Waals surface area contributed by atoms with Crippen LogP contribution in [0.5, 0.6) is 5.75 Å². The Morgan fingerprint density at radius 3 is 2.71 bits per heavy atom. The summed E-state index contributed by atoms with van der Waals surface area (Å²) in [4.78, 5) is 4.27. The van der Waals surface area contributed by atoms with Gasteiger partial charge in [-0.25, -0.2) is 9.50 Å². The number of aromatic nitrogens is 4. The minimum absolute atomic E-state index is 0.223. The minimum atomic E-state index is 0.223. The van der Waals surface area contributed by atoms with Crippen LogP contribution in [0.2, 0.25) is 0 Å². The topological polar surface area (TPSA) is 63.3 Å². The Kier molecular flexibility index (Phi) is 2.29. The number of rotatable bonds is 1. The maximum absolute atomic E-state index is 9.24. The van der Waals surface area contributed by atoms with E-state index < -0.39 is 0 Å². The first-order valence-corrected chi connectivity index (χ1v) is 5.69. The van der Waals surface area contributed by atoms with Crippen LogP contribution in [-0.2, 0) is 0 Å². The second kappa shape index (κ2) is 3.81. The first-order valence-electron chi connectivity index (χ1n) is 4.90. The van der Waals surface area contributed by atoms with Crippen LogP contribution in [0.1, 0.15) is 0 Å². The van der Waals surface area contributed by atoms with Gasteiger partial charge in [0.2, 0.25) is 0 Å². The van der Waals surface area contributed by atoms with Crippen molar-refractivity contribution in [1.29, 1.82) is 0 Å². The van der Waals surface area contributed by atoms with Gasteiger partial charge < -0.3 is 5.11 Å². The maximum atomic E-state index is 9.24. The summed E-state index contributed by atoms with van der Waals surface area (Å²) in [5.41, 5.74) is 2.24. The van der Waals surface area contributed by atoms with Crippen LogP contribution in [0, 0.1) is 0 Å². The zero-order valence-corrected chi connectivity index (χ0v) is 10.2. The lowest BCUT2D eigenvalue weighted by Gasteiger charge is -1.97. The first kappa shape index (κ1) is 10.2. The average molecular weight is 291 g/mol. The van der Waals surface area contributed by atoms with Crippen molar-refractivity contribution in [2.75, 3.05) is 0 Å². The molecule has 2 aromatic heterocycles. The normalized spacial score (nSPS) is 10.9. The number of fused-ring (bicyclic) bond motifs is 1. The van der Waals surface area contributed by atoms with E-state index in [1.54, 1.807) is 41.2 Å². The van der Waals surface area contributed by atoms with E-state index in [0.717, 1.165) is 10.0 Å². The lowest BCUT2D eigenvalue weighted by atomic mass is 10.1. The van der Waals surface area contributed by atoms with E-state index in [0.29, 0.717) is 11.3 Å². The molecule has 0 fully saturated rings. The number of hydrogen-bond donors (Lipinski definition) is 1. The highest BCUT2D eigenvalue weighted by molar-refractivity contribution is 9.10. The highest BCUT2D eigenvalue weighted by atomic mass is 79.9. The molecule has 0 bridgehead atoms. The lowest BCUT2D eigenvalue weighted by Crippen LogP contribution is -1.89. The maximum Gasteiger partial charge on any atom is 0.183 e. The van der Waals surface area contributed by atoms with E-state index in [4.69, 9.17) is 0 Å². The van der Waals surface area contributed by atoms with Gasteiger partial charge in [0.1, 0.15) is 11.4 Å². The zero-order chi connectivity index (χ0) is 11.8. The lowest BCUT2D eigenvalue weighted by molar-refractivity contribution is 0.475. The molecule has 17 heavy (non-hydrogen) atoms. The van der Waals surface area contributed by atoms with Gasteiger partial charge in [0.15, 0.2) is 5.65 Å². The highest BCUT2D eigenvalue weighted by Gasteiger charge is 2.09. The Morgan fingerprint density at radius 1 is 1.18 bits per heavy atom. The Bertz CT molecular complexity index is 678. The minimum Gasteiger partial charge on any atom is -0.508 e. The number of aromatic hydroxyl groups is 1. The van der Waals surface area contributed by atoms with Gasteiger partial charge in [-0.15, -0.1) is 5.10 Å². The molecule has 0 saturated carbocycles. The fourth-order valence-corrected chi connectivity index (χ4v) is 1.87. The number of phenols is 1. The van der Waals surface area contributed by atoms with Gasteiger partial charge in [-0.05, 0) is 40.2 Å². The van der Waals surface area contributed by atoms with Gasteiger partial charge in [0, 0.05) is 18.0 Å². The van der Waals surface area contributed by atoms with Crippen molar-refractivity contribution in [2.24, 2.45) is 0 Å². The average Bonchev–Trinajstić information content (AvgIpc) is 2.73. The van der Waals surface area contributed by atoms with Crippen LogP contribution in [0.3, 0.4) is 0 Å². The summed E-state index contributed by atoms with van der Waals surface area (Å²) in [6, 6.07) is 6.78. The van der Waals surface area contributed by atoms with Crippen LogP contribution >= 0.6 is 15.9 Å². The number of hydrogen-bond acceptors (Lipinski definition) is 4. The monoisotopic (exact) mass is 290 g/mol. The summed E-state index contributed by atoms with van der Waals surface area (Å²) < 4.78 is 2.44. The van der Waals surface area contributed by atoms with Crippen LogP contribution in [0.25, 0.3) is 16.9 Å². The van der Waals surface area contributed by atoms with Gasteiger partial charge in [-0.2, -0.15) is 0 Å². The molecule has 0 atom stereocenters. The second-order valence-corrected chi connectivity index (χ2v) is 4.44. The summed E-state index contributed by atoms with van der Waals surface area (Å²) in [7, 11) is 0. The Balaban J connectivity index is 2.21. The number of nitrogens with zero attached hydrogens (tertiary/aromatic N) is 4. The van der Waals surface area contributed by atoms with E-state index in [9.17, 15) is 5.11 Å². The predicted molar refractivity (Wildman–Crippen MR) is 65.6 cm³/mol. The summed E-state index contributed by atoms with van der Waals surface area (Å²) in [6.07, 6.45) is 3.49. The third kappa shape index (κ3) is 1.76. The van der Waals surface area contributed by atoms with Gasteiger partial charge >= 0.3 is 0 Å². The smallest absolute Gasteiger partial charge is 0.183 e. The number of benzene rings is 1. The van der Waals surface area contributed by atoms with Gasteiger partial charge in [0.25, 0.3) is 0 Å². The summed E-state index contributed by atoms with van der Waals surface area (Å²) in [5, 5.41) is 17.3. The summed E-state index contributed by atoms with van der Waals surface area (Å²) in [6.45, 7) is 0. The molecule has 0 radical (unpaired) electrons. The molecule has 0 amide bonds. The van der Waals surface area contributed by atoms with E-state index in [-0.39, 0.29) is 5.75 Å². The van der Waals surface area contributed by atoms with Crippen LogP contribution in [0.15, 0.2) is 41.1 Å². The number of phenolic OH excluding ortho intramolecular Hbond substituents is 1. The highest BCUT2D eigenvalue weighted by Crippen LogP contribution is 2.23. The largest absolute Gasteiger partial charge is 0.508 e. The molecule has 0 unspecified atom stereocenters. The molecule has 2 heterocycles. The molecule has 3 rings (SSSR count). The van der Waals surface area contributed by atoms with Crippen LogP contribution < -0.4 is 0 Å². The van der Waals surface area contributed by atoms with Crippen molar-refractivity contribution in [3.8, 4) is 17.0 Å². The number of halogens is 1. The molecular weight excluding hydrogens is 284 g/mol. The van der Waals surface area contributed by atoms with E-state index in [2.05, 4.69) is 31.2 Å². The first-order chi connectivity index (χ1) is 8.24. The van der Waals surface area contributed by atoms with Crippen molar-refractivity contribution in [2.45, 2.75) is 0 Å². The summed E-state index contributed by atoms with van der Waals surface area (Å²) >= 11 is 3.32. The third-order valence-electron chi connectivity index (χ3n) is 2.37. The molecule has 0 aliphatic heterocycles. The fourth-order valence-electron chi connectivity index (χ4n) is 1.57. The van der Waals surface area contributed by atoms with E-state index in [1.165, 1.54) is 0 Å². The fraction of sp³-hybridized carbons (Fsp3) is 0. The third-order valence-corrected chi connectivity index (χ3v) is 2.78. The molecule has 3 aromatic rings. The Labute approximate surface area is 105 Å². The molecule has 1 aromatic carbocycles. The molecular formula is C11H7BrN4O. The van der Waals surface area contributed by atoms with Gasteiger partial charge in [0.05, 0.1) is 4.47 Å². The Hall–Kier alpha value is -1.95. The Morgan fingerprint density at radius 2 is 1.94 bits per heavy atom. The van der Waals surface area contributed by atoms with Crippen molar-refractivity contribution in [1.82, 2.24) is 19.8 Å². The van der Waals surface area contributed by atoms with Crippen molar-refractivity contribution >= 4 is 21.6 Å². The van der Waals surface area contributed by atoms with Crippen LogP contribution in [-0.4, -0.2) is 24.9 Å². The molecule has 0 aliphatic carbocycles. The quantitative estimate of drug-likeness (QED) is 0.747. The van der Waals surface area contributed by atoms with Gasteiger partial charge in [-0.1, -0.05) is 5.21 Å². The van der Waals surface area contributed by atoms with Crippen molar-refractivity contribution in [3.05, 3.63) is 41.1 Å². The van der Waals surface area contributed by atoms with Crippen molar-refractivity contribution < 1.29 is 5.11 Å². The molecule has 1 N–H and O–H groups in total. The molecule has 0 saturated heterocycles. The van der Waals surface area contributed by atoms with E-state index >= 15 is 0 Å². The SMILES string of the molecule is Oc1ccc(-c2nnn3cc(Br)cnc23)cc1. The second-order valence-electron chi connectivity index (χ2n) is 3.53. The molecule has 0 aliphatic rings. The predicted octanol–water partition coefficient (Wildman–Crippen LogP) is 2.26. The molecule has 6 heteroatoms. The van der Waals surface area contributed by atoms with E-state index in [1.807, 2.05) is 0 Å². The van der Waals surface area contributed by atoms with Crippen LogP contribution in [0.4, 0.5) is 0 Å². The zero-order valence-electron chi connectivity index (χ0n) is 8.58.